The summed E-state index contributed by atoms with van der Waals surface area (Å²) < 4.78 is 0. The molecule has 2 N–H and O–H groups in total. The largest absolute Gasteiger partial charge is 0.481 e. The van der Waals surface area contributed by atoms with E-state index in [9.17, 15) is 4.79 Å². The van der Waals surface area contributed by atoms with E-state index >= 15 is 0 Å². The van der Waals surface area contributed by atoms with Crippen LogP contribution in [-0.4, -0.2) is 45.3 Å². The van der Waals surface area contributed by atoms with Gasteiger partial charge in [0.15, 0.2) is 0 Å². The lowest BCUT2D eigenvalue weighted by atomic mass is 10.00. The number of benzene rings is 1. The molecule has 1 aromatic rings. The van der Waals surface area contributed by atoms with Crippen molar-refractivity contribution in [3.63, 3.8) is 0 Å². The highest BCUT2D eigenvalue weighted by Gasteiger charge is 2.17. The van der Waals surface area contributed by atoms with Crippen molar-refractivity contribution in [2.24, 2.45) is 0 Å². The van der Waals surface area contributed by atoms with Crippen LogP contribution in [0.5, 0.6) is 0 Å². The van der Waals surface area contributed by atoms with E-state index in [1.165, 1.54) is 0 Å². The lowest BCUT2D eigenvalue weighted by Crippen LogP contribution is -2.43. The number of piperazine rings is 1. The maximum atomic E-state index is 11.1. The fraction of sp³-hybridized carbons (Fsp3) is 0.500. The molecule has 124 valence electrons. The van der Waals surface area contributed by atoms with Crippen LogP contribution < -0.4 is 10.2 Å². The van der Waals surface area contributed by atoms with E-state index in [2.05, 4.69) is 48.2 Å². The molecular weight excluding hydrogens is 304 g/mol. The Morgan fingerprint density at radius 1 is 1.30 bits per heavy atom. The Kier molecular flexibility index (Phi) is 5.50. The zero-order valence-electron chi connectivity index (χ0n) is 14.5. The average molecular weight is 331 g/mol. The minimum Gasteiger partial charge on any atom is -0.481 e. The summed E-state index contributed by atoms with van der Waals surface area (Å²) in [6, 6.07) is 3.97. The molecule has 2 rings (SSSR count). The second-order valence-corrected chi connectivity index (χ2v) is 11.8. The molecule has 0 atom stereocenters. The second kappa shape index (κ2) is 7.20. The molecule has 1 heterocycles. The minimum absolute atomic E-state index is 0.0427. The average Bonchev–Trinajstić information content (AvgIpc) is 2.47. The molecule has 1 saturated heterocycles. The Morgan fingerprint density at radius 2 is 1.96 bits per heavy atom. The predicted molar refractivity (Wildman–Crippen MR) is 97.8 cm³/mol. The van der Waals surface area contributed by atoms with Crippen molar-refractivity contribution in [3.05, 3.63) is 28.8 Å². The molecule has 0 spiro atoms. The molecule has 0 unspecified atom stereocenters. The Bertz CT molecular complexity index is 647. The first-order chi connectivity index (χ1) is 10.8. The number of aliphatic carboxylic acids is 1. The Balaban J connectivity index is 2.46. The van der Waals surface area contributed by atoms with E-state index in [1.807, 2.05) is 12.1 Å². The van der Waals surface area contributed by atoms with Crippen LogP contribution in [0.15, 0.2) is 12.1 Å². The van der Waals surface area contributed by atoms with Gasteiger partial charge in [-0.25, -0.2) is 0 Å². The zero-order chi connectivity index (χ0) is 17.0. The fourth-order valence-electron chi connectivity index (χ4n) is 2.65. The molecule has 1 aromatic carbocycles. The number of carbonyl (C=O) groups is 1. The summed E-state index contributed by atoms with van der Waals surface area (Å²) in [7, 11) is -1.47. The Labute approximate surface area is 139 Å². The molecule has 5 heteroatoms. The van der Waals surface area contributed by atoms with Crippen LogP contribution in [0.4, 0.5) is 5.69 Å². The summed E-state index contributed by atoms with van der Waals surface area (Å²) in [5.41, 5.74) is 7.49. The van der Waals surface area contributed by atoms with E-state index in [-0.39, 0.29) is 6.42 Å². The Morgan fingerprint density at radius 3 is 2.52 bits per heavy atom. The summed E-state index contributed by atoms with van der Waals surface area (Å²) >= 11 is 0. The van der Waals surface area contributed by atoms with Crippen LogP contribution in [-0.2, 0) is 11.2 Å². The highest BCUT2D eigenvalue weighted by molar-refractivity contribution is 6.83. The molecule has 0 aromatic heterocycles. The maximum absolute atomic E-state index is 11.1. The van der Waals surface area contributed by atoms with Gasteiger partial charge in [0.25, 0.3) is 0 Å². The smallest absolute Gasteiger partial charge is 0.307 e. The lowest BCUT2D eigenvalue weighted by molar-refractivity contribution is -0.136. The van der Waals surface area contributed by atoms with Gasteiger partial charge in [-0.2, -0.15) is 0 Å². The number of hydrogen-bond donors (Lipinski definition) is 2. The van der Waals surface area contributed by atoms with Gasteiger partial charge in [0.1, 0.15) is 8.07 Å². The van der Waals surface area contributed by atoms with Gasteiger partial charge in [0.2, 0.25) is 0 Å². The van der Waals surface area contributed by atoms with E-state index < -0.39 is 14.0 Å². The molecule has 0 radical (unpaired) electrons. The molecular formula is C18H26N2O2Si. The van der Waals surface area contributed by atoms with Gasteiger partial charge < -0.3 is 15.3 Å². The van der Waals surface area contributed by atoms with Gasteiger partial charge in [-0.05, 0) is 30.2 Å². The quantitative estimate of drug-likeness (QED) is 0.659. The second-order valence-electron chi connectivity index (χ2n) is 7.10. The van der Waals surface area contributed by atoms with E-state index in [4.69, 9.17) is 5.11 Å². The van der Waals surface area contributed by atoms with Gasteiger partial charge in [0.05, 0.1) is 6.42 Å². The number of nitrogens with one attached hydrogen (secondary N) is 1. The SMILES string of the molecule is Cc1c(C#C[Si](C)(C)C)cc(CC(=O)O)cc1N1CCNCC1. The van der Waals surface area contributed by atoms with E-state index in [0.29, 0.717) is 0 Å². The molecule has 4 nitrogen and oxygen atoms in total. The van der Waals surface area contributed by atoms with Crippen LogP contribution in [0.2, 0.25) is 19.6 Å². The van der Waals surface area contributed by atoms with Crippen molar-refractivity contribution >= 4 is 19.7 Å². The summed E-state index contributed by atoms with van der Waals surface area (Å²) in [6.07, 6.45) is 0.0427. The summed E-state index contributed by atoms with van der Waals surface area (Å²) in [5, 5.41) is 12.5. The van der Waals surface area contributed by atoms with Gasteiger partial charge in [0, 0.05) is 37.4 Å². The van der Waals surface area contributed by atoms with Gasteiger partial charge in [-0.3, -0.25) is 4.79 Å². The minimum atomic E-state index is -1.47. The van der Waals surface area contributed by atoms with Crippen molar-refractivity contribution < 1.29 is 9.90 Å². The number of anilines is 1. The van der Waals surface area contributed by atoms with Crippen molar-refractivity contribution in [2.45, 2.75) is 33.0 Å². The van der Waals surface area contributed by atoms with Crippen LogP contribution in [0.25, 0.3) is 0 Å². The molecule has 1 fully saturated rings. The number of rotatable bonds is 3. The van der Waals surface area contributed by atoms with Gasteiger partial charge in [-0.1, -0.05) is 25.6 Å². The third-order valence-corrected chi connectivity index (χ3v) is 4.70. The molecule has 0 amide bonds. The molecule has 0 saturated carbocycles. The third-order valence-electron chi connectivity index (χ3n) is 3.83. The maximum Gasteiger partial charge on any atom is 0.307 e. The summed E-state index contributed by atoms with van der Waals surface area (Å²) in [5.74, 6) is 2.52. The highest BCUT2D eigenvalue weighted by atomic mass is 28.3. The summed E-state index contributed by atoms with van der Waals surface area (Å²) in [4.78, 5) is 13.4. The van der Waals surface area contributed by atoms with Crippen molar-refractivity contribution in [3.8, 4) is 11.5 Å². The Hall–Kier alpha value is -1.77. The normalized spacial score (nSPS) is 15.0. The molecule has 23 heavy (non-hydrogen) atoms. The van der Waals surface area contributed by atoms with E-state index in [1.54, 1.807) is 0 Å². The van der Waals surface area contributed by atoms with Gasteiger partial charge >= 0.3 is 5.97 Å². The van der Waals surface area contributed by atoms with Crippen molar-refractivity contribution in [1.29, 1.82) is 0 Å². The number of nitrogens with zero attached hydrogens (tertiary/aromatic N) is 1. The first-order valence-electron chi connectivity index (χ1n) is 8.10. The zero-order valence-corrected chi connectivity index (χ0v) is 15.5. The van der Waals surface area contributed by atoms with Crippen molar-refractivity contribution in [2.75, 3.05) is 31.1 Å². The summed E-state index contributed by atoms with van der Waals surface area (Å²) in [6.45, 7) is 12.5. The first kappa shape index (κ1) is 17.6. The first-order valence-corrected chi connectivity index (χ1v) is 11.6. The number of hydrogen-bond acceptors (Lipinski definition) is 3. The van der Waals surface area contributed by atoms with Crippen LogP contribution >= 0.6 is 0 Å². The van der Waals surface area contributed by atoms with Gasteiger partial charge in [-0.15, -0.1) is 5.54 Å². The molecule has 1 aliphatic rings. The van der Waals surface area contributed by atoms with Crippen LogP contribution in [0.3, 0.4) is 0 Å². The van der Waals surface area contributed by atoms with E-state index in [0.717, 1.165) is 48.6 Å². The standard InChI is InChI=1S/C18H26N2O2Si/c1-14-16(5-10-23(2,3)4)11-15(13-18(21)22)12-17(14)20-8-6-19-7-9-20/h11-12,19H,6-9,13H2,1-4H3,(H,21,22). The van der Waals surface area contributed by atoms with Crippen LogP contribution in [0, 0.1) is 18.4 Å². The lowest BCUT2D eigenvalue weighted by Gasteiger charge is -2.31. The third kappa shape index (κ3) is 5.12. The predicted octanol–water partition coefficient (Wildman–Crippen LogP) is 2.26. The topological polar surface area (TPSA) is 52.6 Å². The highest BCUT2D eigenvalue weighted by Crippen LogP contribution is 2.26. The molecule has 0 bridgehead atoms. The number of carboxylic acids is 1. The molecule has 0 aliphatic carbocycles. The molecule has 1 aliphatic heterocycles. The monoisotopic (exact) mass is 330 g/mol. The fourth-order valence-corrected chi connectivity index (χ4v) is 3.16. The number of carboxylic acid groups (broad SMARTS) is 1. The van der Waals surface area contributed by atoms with Crippen LogP contribution in [0.1, 0.15) is 16.7 Å². The van der Waals surface area contributed by atoms with Crippen molar-refractivity contribution in [1.82, 2.24) is 5.32 Å².